The Bertz CT molecular complexity index is 1130. The van der Waals surface area contributed by atoms with Gasteiger partial charge >= 0.3 is 0 Å². The number of methoxy groups -OCH3 is 4. The number of carbonyl (C=O) groups is 1. The molecule has 3 aromatic rings. The molecule has 11 heteroatoms. The number of quaternary nitrogens is 1. The van der Waals surface area contributed by atoms with Crippen LogP contribution in [-0.2, 0) is 4.79 Å². The van der Waals surface area contributed by atoms with Gasteiger partial charge in [-0.05, 0) is 60.7 Å². The van der Waals surface area contributed by atoms with Gasteiger partial charge in [-0.1, -0.05) is 6.07 Å². The Morgan fingerprint density at radius 3 is 2.25 bits per heavy atom. The van der Waals surface area contributed by atoms with Crippen molar-refractivity contribution >= 4 is 23.1 Å². The first-order valence-corrected chi connectivity index (χ1v) is 12.0. The van der Waals surface area contributed by atoms with Crippen LogP contribution in [0.2, 0.25) is 0 Å². The lowest BCUT2D eigenvalue weighted by molar-refractivity contribution is -0.404. The fourth-order valence-electron chi connectivity index (χ4n) is 3.74. The van der Waals surface area contributed by atoms with Gasteiger partial charge in [-0.2, -0.15) is 4.37 Å². The zero-order chi connectivity index (χ0) is 25.4. The molecule has 1 atom stereocenters. The normalized spacial score (nSPS) is 11.3. The number of nitrogens with two attached hydrogens (primary N) is 1. The molecule has 0 aliphatic rings. The number of hydrogen-bond acceptors (Lipinski definition) is 8. The Morgan fingerprint density at radius 1 is 1.00 bits per heavy atom. The molecule has 1 amide bonds. The maximum atomic E-state index is 12.8. The molecular formula is C25H33ClN4O5S. The van der Waals surface area contributed by atoms with E-state index in [4.69, 9.17) is 24.7 Å². The molecule has 0 saturated carbocycles. The fourth-order valence-corrected chi connectivity index (χ4v) is 4.50. The number of benzene rings is 2. The molecule has 0 bridgehead atoms. The number of amides is 1. The Hall–Kier alpha value is -3.05. The van der Waals surface area contributed by atoms with Crippen molar-refractivity contribution < 1.29 is 41.9 Å². The van der Waals surface area contributed by atoms with Gasteiger partial charge in [0.15, 0.2) is 17.5 Å². The molecule has 0 saturated heterocycles. The number of nitrogens with one attached hydrogen (secondary N) is 1. The molecule has 2 aromatic carbocycles. The van der Waals surface area contributed by atoms with Crippen LogP contribution in [0.15, 0.2) is 36.5 Å². The molecule has 1 heterocycles. The summed E-state index contributed by atoms with van der Waals surface area (Å²) in [5.41, 5.74) is 12.8. The summed E-state index contributed by atoms with van der Waals surface area (Å²) in [6.07, 6.45) is 4.19. The van der Waals surface area contributed by atoms with Crippen molar-refractivity contribution in [2.75, 3.05) is 40.3 Å². The van der Waals surface area contributed by atoms with Crippen molar-refractivity contribution in [3.8, 4) is 44.6 Å². The van der Waals surface area contributed by atoms with Crippen LogP contribution in [-0.4, -0.2) is 51.3 Å². The molecule has 36 heavy (non-hydrogen) atoms. The highest BCUT2D eigenvalue weighted by atomic mass is 35.5. The van der Waals surface area contributed by atoms with Crippen LogP contribution in [0.25, 0.3) is 21.6 Å². The molecule has 0 radical (unpaired) electrons. The van der Waals surface area contributed by atoms with E-state index in [9.17, 15) is 4.79 Å². The van der Waals surface area contributed by atoms with E-state index in [1.54, 1.807) is 34.6 Å². The van der Waals surface area contributed by atoms with Gasteiger partial charge in [0.1, 0.15) is 5.75 Å². The summed E-state index contributed by atoms with van der Waals surface area (Å²) in [5.74, 6) is 2.04. The Labute approximate surface area is 221 Å². The van der Waals surface area contributed by atoms with Gasteiger partial charge in [-0.3, -0.25) is 4.79 Å². The molecule has 0 aliphatic carbocycles. The van der Waals surface area contributed by atoms with Crippen LogP contribution >= 0.6 is 11.5 Å². The standard InChI is InChI=1S/C25H32N4O5S.ClH/c1-31-20-9-8-15(11-19(20)29-25(30)18(27)7-5-6-10-26)17-14-28-35-24(17)16-12-21(32-2)23(34-4)22(13-16)33-3;/h8-9,11-14,18H,5-7,10,26-27H2,1-4H3,(H,29,30);1H/t18-;/m1./s1. The van der Waals surface area contributed by atoms with Crippen LogP contribution in [0.5, 0.6) is 23.0 Å². The van der Waals surface area contributed by atoms with Crippen LogP contribution in [0.4, 0.5) is 5.69 Å². The third-order valence-electron chi connectivity index (χ3n) is 5.64. The van der Waals surface area contributed by atoms with E-state index in [-0.39, 0.29) is 24.4 Å². The first-order valence-electron chi connectivity index (χ1n) is 11.2. The van der Waals surface area contributed by atoms with Crippen LogP contribution < -0.4 is 48.1 Å². The number of unbranched alkanes of at least 4 members (excludes halogenated alkanes) is 1. The number of nitrogens with zero attached hydrogens (tertiary/aromatic N) is 1. The average molecular weight is 537 g/mol. The fraction of sp³-hybridized carbons (Fsp3) is 0.360. The van der Waals surface area contributed by atoms with Crippen LogP contribution in [0, 0.1) is 0 Å². The molecule has 3 rings (SSSR count). The summed E-state index contributed by atoms with van der Waals surface area (Å²) < 4.78 is 26.4. The Morgan fingerprint density at radius 2 is 1.67 bits per heavy atom. The predicted molar refractivity (Wildman–Crippen MR) is 137 cm³/mol. The quantitative estimate of drug-likeness (QED) is 0.281. The lowest BCUT2D eigenvalue weighted by atomic mass is 10.0. The number of halogens is 1. The summed E-state index contributed by atoms with van der Waals surface area (Å²) in [6, 6.07) is 9.04. The number of anilines is 1. The number of hydrogen-bond donors (Lipinski definition) is 3. The van der Waals surface area contributed by atoms with Crippen molar-refractivity contribution in [2.45, 2.75) is 25.3 Å². The second kappa shape index (κ2) is 13.9. The smallest absolute Gasteiger partial charge is 0.282 e. The first-order chi connectivity index (χ1) is 17.0. The highest BCUT2D eigenvalue weighted by Crippen LogP contribution is 2.45. The van der Waals surface area contributed by atoms with Crippen molar-refractivity contribution in [2.24, 2.45) is 5.73 Å². The summed E-state index contributed by atoms with van der Waals surface area (Å²) >= 11 is 1.35. The van der Waals surface area contributed by atoms with Crippen molar-refractivity contribution in [1.82, 2.24) is 4.37 Å². The second-order valence-electron chi connectivity index (χ2n) is 7.87. The summed E-state index contributed by atoms with van der Waals surface area (Å²) in [5, 5.41) is 2.97. The molecule has 0 spiro atoms. The van der Waals surface area contributed by atoms with Gasteiger partial charge < -0.3 is 48.1 Å². The minimum Gasteiger partial charge on any atom is -1.00 e. The minimum absolute atomic E-state index is 0. The van der Waals surface area contributed by atoms with Crippen molar-refractivity contribution in [1.29, 1.82) is 0 Å². The lowest BCUT2D eigenvalue weighted by Crippen LogP contribution is -3.00. The molecule has 196 valence electrons. The van der Waals surface area contributed by atoms with E-state index in [1.807, 2.05) is 30.3 Å². The van der Waals surface area contributed by atoms with Crippen LogP contribution in [0.1, 0.15) is 19.3 Å². The van der Waals surface area contributed by atoms with Gasteiger partial charge in [0.05, 0.1) is 39.0 Å². The van der Waals surface area contributed by atoms with Crippen molar-refractivity contribution in [3.63, 3.8) is 0 Å². The van der Waals surface area contributed by atoms with Crippen molar-refractivity contribution in [3.05, 3.63) is 36.5 Å². The monoisotopic (exact) mass is 536 g/mol. The Kier molecular flexibility index (Phi) is 11.3. The van der Waals surface area contributed by atoms with E-state index in [0.717, 1.165) is 34.4 Å². The maximum absolute atomic E-state index is 12.8. The van der Waals surface area contributed by atoms with E-state index < -0.39 is 0 Å². The predicted octanol–water partition coefficient (Wildman–Crippen LogP) is 0.194. The third kappa shape index (κ3) is 6.58. The number of aromatic nitrogens is 1. The third-order valence-corrected chi connectivity index (χ3v) is 6.49. The topological polar surface area (TPSA) is 133 Å². The summed E-state index contributed by atoms with van der Waals surface area (Å²) in [6.45, 7) is 0.604. The van der Waals surface area contributed by atoms with E-state index in [1.165, 1.54) is 11.5 Å². The molecular weight excluding hydrogens is 504 g/mol. The van der Waals surface area contributed by atoms with Gasteiger partial charge in [0.25, 0.3) is 5.91 Å². The van der Waals surface area contributed by atoms with Gasteiger partial charge in [-0.25, -0.2) is 0 Å². The van der Waals surface area contributed by atoms with Gasteiger partial charge in [0, 0.05) is 23.7 Å². The Balaban J connectivity index is 0.00000456. The number of rotatable bonds is 12. The van der Waals surface area contributed by atoms with E-state index in [2.05, 4.69) is 15.4 Å². The summed E-state index contributed by atoms with van der Waals surface area (Å²) in [4.78, 5) is 13.7. The molecule has 1 aromatic heterocycles. The highest BCUT2D eigenvalue weighted by molar-refractivity contribution is 7.10. The number of carbonyl (C=O) groups excluding carboxylic acids is 1. The SMILES string of the molecule is COc1ccc(-c2cnsc2-c2cc(OC)c(OC)c(OC)c2)cc1NC(=O)[C@H]([NH3+])CCCCN.[Cl-]. The van der Waals surface area contributed by atoms with E-state index in [0.29, 0.717) is 41.7 Å². The molecule has 0 unspecified atom stereocenters. The molecule has 0 aliphatic heterocycles. The minimum atomic E-state index is -0.382. The second-order valence-corrected chi connectivity index (χ2v) is 8.67. The first kappa shape index (κ1) is 29.2. The average Bonchev–Trinajstić information content (AvgIpc) is 3.37. The molecule has 6 N–H and O–H groups in total. The largest absolute Gasteiger partial charge is 1.00 e. The zero-order valence-corrected chi connectivity index (χ0v) is 22.5. The maximum Gasteiger partial charge on any atom is 0.282 e. The number of ether oxygens (including phenoxy) is 4. The summed E-state index contributed by atoms with van der Waals surface area (Å²) in [7, 11) is 6.30. The van der Waals surface area contributed by atoms with Gasteiger partial charge in [-0.15, -0.1) is 0 Å². The highest BCUT2D eigenvalue weighted by Gasteiger charge is 2.21. The molecule has 9 nitrogen and oxygen atoms in total. The lowest BCUT2D eigenvalue weighted by Gasteiger charge is -2.15. The van der Waals surface area contributed by atoms with Crippen LogP contribution in [0.3, 0.4) is 0 Å². The van der Waals surface area contributed by atoms with Gasteiger partial charge in [0.2, 0.25) is 5.75 Å². The molecule has 0 fully saturated rings. The van der Waals surface area contributed by atoms with E-state index >= 15 is 0 Å². The zero-order valence-electron chi connectivity index (χ0n) is 20.9.